The van der Waals surface area contributed by atoms with Gasteiger partial charge in [0.25, 0.3) is 0 Å². The van der Waals surface area contributed by atoms with E-state index in [0.717, 1.165) is 30.9 Å². The number of halogens is 2. The van der Waals surface area contributed by atoms with E-state index < -0.39 is 0 Å². The van der Waals surface area contributed by atoms with Crippen molar-refractivity contribution in [1.29, 1.82) is 0 Å². The summed E-state index contributed by atoms with van der Waals surface area (Å²) in [6.07, 6.45) is 5.98. The van der Waals surface area contributed by atoms with E-state index in [4.69, 9.17) is 11.6 Å². The van der Waals surface area contributed by atoms with Crippen molar-refractivity contribution in [2.24, 2.45) is 5.92 Å². The van der Waals surface area contributed by atoms with Gasteiger partial charge in [0.15, 0.2) is 0 Å². The summed E-state index contributed by atoms with van der Waals surface area (Å²) >= 11 is 6.09. The zero-order valence-corrected chi connectivity index (χ0v) is 11.6. The summed E-state index contributed by atoms with van der Waals surface area (Å²) in [5.41, 5.74) is 1.05. The van der Waals surface area contributed by atoms with Crippen molar-refractivity contribution in [3.8, 4) is 0 Å². The quantitative estimate of drug-likeness (QED) is 0.783. The summed E-state index contributed by atoms with van der Waals surface area (Å²) in [5, 5.41) is 4.13. The highest BCUT2D eigenvalue weighted by molar-refractivity contribution is 6.31. The Labute approximate surface area is 114 Å². The number of hydrogen-bond donors (Lipinski definition) is 1. The number of hydrogen-bond acceptors (Lipinski definition) is 1. The summed E-state index contributed by atoms with van der Waals surface area (Å²) in [6, 6.07) is 5.19. The highest BCUT2D eigenvalue weighted by atomic mass is 35.5. The maximum atomic E-state index is 13.0. The van der Waals surface area contributed by atoms with Gasteiger partial charge in [-0.1, -0.05) is 37.4 Å². The van der Waals surface area contributed by atoms with E-state index in [0.29, 0.717) is 11.1 Å². The average Bonchev–Trinajstić information content (AvgIpc) is 3.13. The van der Waals surface area contributed by atoms with Gasteiger partial charge in [-0.15, -0.1) is 0 Å². The second-order valence-electron chi connectivity index (χ2n) is 5.27. The van der Waals surface area contributed by atoms with Crippen LogP contribution < -0.4 is 5.32 Å². The highest BCUT2D eigenvalue weighted by Crippen LogP contribution is 2.34. The average molecular weight is 270 g/mol. The summed E-state index contributed by atoms with van der Waals surface area (Å²) in [4.78, 5) is 0. The van der Waals surface area contributed by atoms with Gasteiger partial charge in [-0.2, -0.15) is 0 Å². The molecule has 1 aliphatic carbocycles. The van der Waals surface area contributed by atoms with Gasteiger partial charge in [0, 0.05) is 11.1 Å². The van der Waals surface area contributed by atoms with E-state index in [1.807, 2.05) is 6.07 Å². The molecular formula is C15H21ClFN. The molecule has 0 aromatic heterocycles. The lowest BCUT2D eigenvalue weighted by Crippen LogP contribution is -2.32. The summed E-state index contributed by atoms with van der Waals surface area (Å²) in [7, 11) is 0. The molecule has 3 heteroatoms. The molecule has 0 radical (unpaired) electrons. The first-order valence-corrected chi connectivity index (χ1v) is 7.24. The fourth-order valence-electron chi connectivity index (χ4n) is 2.30. The molecule has 1 aliphatic rings. The van der Waals surface area contributed by atoms with Crippen LogP contribution in [0.15, 0.2) is 18.2 Å². The Kier molecular flexibility index (Phi) is 5.02. The molecule has 0 saturated heterocycles. The van der Waals surface area contributed by atoms with Crippen molar-refractivity contribution < 1.29 is 4.39 Å². The minimum atomic E-state index is -0.260. The van der Waals surface area contributed by atoms with Gasteiger partial charge in [0.2, 0.25) is 0 Å². The van der Waals surface area contributed by atoms with Crippen molar-refractivity contribution in [3.05, 3.63) is 34.6 Å². The fourth-order valence-corrected chi connectivity index (χ4v) is 2.54. The monoisotopic (exact) mass is 269 g/mol. The molecule has 100 valence electrons. The van der Waals surface area contributed by atoms with Crippen LogP contribution in [0, 0.1) is 11.7 Å². The first-order valence-electron chi connectivity index (χ1n) is 6.86. The number of benzene rings is 1. The van der Waals surface area contributed by atoms with Gasteiger partial charge < -0.3 is 5.32 Å². The summed E-state index contributed by atoms with van der Waals surface area (Å²) < 4.78 is 13.0. The molecule has 1 N–H and O–H groups in total. The van der Waals surface area contributed by atoms with Gasteiger partial charge in [-0.3, -0.25) is 0 Å². The summed E-state index contributed by atoms with van der Waals surface area (Å²) in [6.45, 7) is 3.21. The third-order valence-corrected chi connectivity index (χ3v) is 3.83. The van der Waals surface area contributed by atoms with E-state index in [1.54, 1.807) is 0 Å². The van der Waals surface area contributed by atoms with Gasteiger partial charge in [0.1, 0.15) is 5.82 Å². The Morgan fingerprint density at radius 2 is 2.22 bits per heavy atom. The first kappa shape index (κ1) is 13.8. The van der Waals surface area contributed by atoms with Crippen LogP contribution in [-0.4, -0.2) is 12.6 Å². The summed E-state index contributed by atoms with van der Waals surface area (Å²) in [5.74, 6) is 0.627. The third-order valence-electron chi connectivity index (χ3n) is 3.48. The zero-order chi connectivity index (χ0) is 13.0. The lowest BCUT2D eigenvalue weighted by molar-refractivity contribution is 0.454. The Morgan fingerprint density at radius 3 is 2.83 bits per heavy atom. The molecule has 1 nitrogen and oxygen atoms in total. The SMILES string of the molecule is CCCNC(Cc1ccc(F)cc1Cl)CC1CC1. The molecule has 1 unspecified atom stereocenters. The fraction of sp³-hybridized carbons (Fsp3) is 0.600. The second kappa shape index (κ2) is 6.53. The molecule has 0 aliphatic heterocycles. The van der Waals surface area contributed by atoms with Gasteiger partial charge in [-0.05, 0) is 49.4 Å². The van der Waals surface area contributed by atoms with E-state index in [-0.39, 0.29) is 5.82 Å². The molecule has 2 rings (SSSR count). The molecular weight excluding hydrogens is 249 g/mol. The molecule has 1 aromatic carbocycles. The second-order valence-corrected chi connectivity index (χ2v) is 5.68. The Hall–Kier alpha value is -0.600. The van der Waals surface area contributed by atoms with Crippen LogP contribution >= 0.6 is 11.6 Å². The van der Waals surface area contributed by atoms with Crippen molar-refractivity contribution in [3.63, 3.8) is 0 Å². The van der Waals surface area contributed by atoms with E-state index in [9.17, 15) is 4.39 Å². The molecule has 1 fully saturated rings. The normalized spacial score (nSPS) is 16.8. The highest BCUT2D eigenvalue weighted by Gasteiger charge is 2.25. The number of nitrogens with one attached hydrogen (secondary N) is 1. The topological polar surface area (TPSA) is 12.0 Å². The van der Waals surface area contributed by atoms with Gasteiger partial charge in [-0.25, -0.2) is 4.39 Å². The van der Waals surface area contributed by atoms with Crippen LogP contribution in [-0.2, 0) is 6.42 Å². The van der Waals surface area contributed by atoms with Crippen LogP contribution in [0.5, 0.6) is 0 Å². The molecule has 1 saturated carbocycles. The Balaban J connectivity index is 1.96. The molecule has 18 heavy (non-hydrogen) atoms. The molecule has 0 amide bonds. The van der Waals surface area contributed by atoms with Crippen LogP contribution in [0.1, 0.15) is 38.2 Å². The molecule has 1 atom stereocenters. The lowest BCUT2D eigenvalue weighted by Gasteiger charge is -2.19. The lowest BCUT2D eigenvalue weighted by atomic mass is 10.0. The van der Waals surface area contributed by atoms with Crippen LogP contribution in [0.25, 0.3) is 0 Å². The minimum absolute atomic E-state index is 0.260. The van der Waals surface area contributed by atoms with E-state index in [1.165, 1.54) is 31.4 Å². The van der Waals surface area contributed by atoms with Crippen molar-refractivity contribution in [1.82, 2.24) is 5.32 Å². The van der Waals surface area contributed by atoms with Crippen molar-refractivity contribution in [2.75, 3.05) is 6.54 Å². The van der Waals surface area contributed by atoms with Crippen LogP contribution in [0.4, 0.5) is 4.39 Å². The largest absolute Gasteiger partial charge is 0.314 e. The van der Waals surface area contributed by atoms with Gasteiger partial charge >= 0.3 is 0 Å². The molecule has 0 heterocycles. The van der Waals surface area contributed by atoms with Crippen molar-refractivity contribution in [2.45, 2.75) is 45.1 Å². The predicted molar refractivity (Wildman–Crippen MR) is 74.5 cm³/mol. The van der Waals surface area contributed by atoms with Crippen molar-refractivity contribution >= 4 is 11.6 Å². The maximum Gasteiger partial charge on any atom is 0.124 e. The van der Waals surface area contributed by atoms with E-state index >= 15 is 0 Å². The Bertz CT molecular complexity index is 390. The molecule has 0 spiro atoms. The third kappa shape index (κ3) is 4.25. The smallest absolute Gasteiger partial charge is 0.124 e. The first-order chi connectivity index (χ1) is 8.69. The van der Waals surface area contributed by atoms with Crippen LogP contribution in [0.2, 0.25) is 5.02 Å². The van der Waals surface area contributed by atoms with Crippen LogP contribution in [0.3, 0.4) is 0 Å². The minimum Gasteiger partial charge on any atom is -0.314 e. The van der Waals surface area contributed by atoms with E-state index in [2.05, 4.69) is 12.2 Å². The van der Waals surface area contributed by atoms with Gasteiger partial charge in [0.05, 0.1) is 0 Å². The Morgan fingerprint density at radius 1 is 1.44 bits per heavy atom. The molecule has 1 aromatic rings. The number of rotatable bonds is 7. The molecule has 0 bridgehead atoms. The standard InChI is InChI=1S/C15H21ClFN/c1-2-7-18-14(8-11-3-4-11)9-12-5-6-13(17)10-15(12)16/h5-6,10-11,14,18H,2-4,7-9H2,1H3. The zero-order valence-electron chi connectivity index (χ0n) is 10.9. The predicted octanol–water partition coefficient (Wildman–Crippen LogP) is 4.19. The maximum absolute atomic E-state index is 13.0.